The summed E-state index contributed by atoms with van der Waals surface area (Å²) in [6.07, 6.45) is 0. The average molecular weight is 735 g/mol. The zero-order valence-electron chi connectivity index (χ0n) is 30.3. The lowest BCUT2D eigenvalue weighted by atomic mass is 9.96. The summed E-state index contributed by atoms with van der Waals surface area (Å²) in [6, 6.07) is 73.8. The Morgan fingerprint density at radius 2 is 0.911 bits per heavy atom. The number of hydrogen-bond donors (Lipinski definition) is 0. The van der Waals surface area contributed by atoms with E-state index in [4.69, 9.17) is 4.42 Å². The number of anilines is 6. The number of rotatable bonds is 7. The van der Waals surface area contributed by atoms with E-state index in [1.807, 2.05) is 23.5 Å². The molecule has 3 nitrogen and oxygen atoms in total. The fraction of sp³-hybridized carbons (Fsp3) is 0. The van der Waals surface area contributed by atoms with Crippen LogP contribution in [0.5, 0.6) is 0 Å². The summed E-state index contributed by atoms with van der Waals surface area (Å²) < 4.78 is 8.90. The lowest BCUT2D eigenvalue weighted by Gasteiger charge is -2.28. The van der Waals surface area contributed by atoms with Gasteiger partial charge < -0.3 is 14.2 Å². The molecule has 0 spiro atoms. The number of benzene rings is 9. The third kappa shape index (κ3) is 5.26. The van der Waals surface area contributed by atoms with Gasteiger partial charge in [0.25, 0.3) is 0 Å². The minimum absolute atomic E-state index is 0.876. The van der Waals surface area contributed by atoms with Crippen molar-refractivity contribution in [3.05, 3.63) is 206 Å². The summed E-state index contributed by atoms with van der Waals surface area (Å²) in [5.41, 5.74) is 10.8. The van der Waals surface area contributed by atoms with Crippen LogP contribution in [-0.2, 0) is 0 Å². The van der Waals surface area contributed by atoms with E-state index in [0.717, 1.165) is 55.9 Å². The number of furan rings is 1. The van der Waals surface area contributed by atoms with Crippen molar-refractivity contribution in [3.8, 4) is 11.1 Å². The van der Waals surface area contributed by atoms with Crippen molar-refractivity contribution >= 4 is 98.3 Å². The Morgan fingerprint density at radius 1 is 0.339 bits per heavy atom. The van der Waals surface area contributed by atoms with Crippen molar-refractivity contribution in [2.45, 2.75) is 0 Å². The Hall–Kier alpha value is -7.14. The maximum atomic E-state index is 6.32. The van der Waals surface area contributed by atoms with Gasteiger partial charge in [-0.15, -0.1) is 11.3 Å². The molecule has 0 unspecified atom stereocenters. The molecule has 0 N–H and O–H groups in total. The van der Waals surface area contributed by atoms with Gasteiger partial charge in [0.2, 0.25) is 0 Å². The van der Waals surface area contributed by atoms with Crippen LogP contribution in [0.1, 0.15) is 0 Å². The van der Waals surface area contributed by atoms with Gasteiger partial charge in [0.1, 0.15) is 11.2 Å². The van der Waals surface area contributed by atoms with Gasteiger partial charge in [0.15, 0.2) is 0 Å². The van der Waals surface area contributed by atoms with Crippen LogP contribution < -0.4 is 9.80 Å². The molecule has 9 aromatic carbocycles. The minimum Gasteiger partial charge on any atom is -0.456 e. The fourth-order valence-corrected chi connectivity index (χ4v) is 9.57. The van der Waals surface area contributed by atoms with Gasteiger partial charge in [-0.1, -0.05) is 133 Å². The molecule has 0 atom stereocenters. The number of fused-ring (bicyclic) bond motifs is 7. The van der Waals surface area contributed by atoms with Crippen molar-refractivity contribution in [1.29, 1.82) is 0 Å². The molecule has 0 fully saturated rings. The Bertz CT molecular complexity index is 3200. The lowest BCUT2D eigenvalue weighted by molar-refractivity contribution is 0.669. The molecule has 0 radical (unpaired) electrons. The molecule has 2 heterocycles. The van der Waals surface area contributed by atoms with Crippen molar-refractivity contribution < 1.29 is 4.42 Å². The van der Waals surface area contributed by atoms with Gasteiger partial charge >= 0.3 is 0 Å². The molecule has 264 valence electrons. The monoisotopic (exact) mass is 734 g/mol. The van der Waals surface area contributed by atoms with E-state index in [0.29, 0.717) is 0 Å². The van der Waals surface area contributed by atoms with E-state index in [-0.39, 0.29) is 0 Å². The first-order chi connectivity index (χ1) is 27.8. The molecule has 0 aliphatic carbocycles. The van der Waals surface area contributed by atoms with Gasteiger partial charge in [-0.05, 0) is 89.3 Å². The zero-order valence-corrected chi connectivity index (χ0v) is 31.2. The van der Waals surface area contributed by atoms with E-state index in [1.54, 1.807) is 0 Å². The van der Waals surface area contributed by atoms with Crippen LogP contribution in [0.4, 0.5) is 34.1 Å². The predicted octanol–water partition coefficient (Wildman–Crippen LogP) is 15.7. The molecule has 4 heteroatoms. The first-order valence-electron chi connectivity index (χ1n) is 18.9. The maximum Gasteiger partial charge on any atom is 0.137 e. The van der Waals surface area contributed by atoms with Crippen LogP contribution >= 0.6 is 11.3 Å². The summed E-state index contributed by atoms with van der Waals surface area (Å²) in [5.74, 6) is 0. The predicted molar refractivity (Wildman–Crippen MR) is 239 cm³/mol. The number of thiophene rings is 1. The topological polar surface area (TPSA) is 19.6 Å². The van der Waals surface area contributed by atoms with E-state index in [2.05, 4.69) is 204 Å². The van der Waals surface area contributed by atoms with E-state index < -0.39 is 0 Å². The highest BCUT2D eigenvalue weighted by Gasteiger charge is 2.22. The third-order valence-electron chi connectivity index (χ3n) is 10.9. The van der Waals surface area contributed by atoms with Crippen LogP contribution in [0.3, 0.4) is 0 Å². The summed E-state index contributed by atoms with van der Waals surface area (Å²) >= 11 is 1.86. The molecule has 56 heavy (non-hydrogen) atoms. The fourth-order valence-electron chi connectivity index (χ4n) is 8.36. The normalized spacial score (nSPS) is 11.6. The Labute approximate surface area is 328 Å². The zero-order chi connectivity index (χ0) is 37.0. The van der Waals surface area contributed by atoms with Crippen molar-refractivity contribution in [1.82, 2.24) is 0 Å². The van der Waals surface area contributed by atoms with Crippen molar-refractivity contribution in [2.24, 2.45) is 0 Å². The summed E-state index contributed by atoms with van der Waals surface area (Å²) in [7, 11) is 0. The first kappa shape index (κ1) is 32.3. The Morgan fingerprint density at radius 3 is 1.70 bits per heavy atom. The quantitative estimate of drug-likeness (QED) is 0.163. The highest BCUT2D eigenvalue weighted by molar-refractivity contribution is 7.26. The second-order valence-electron chi connectivity index (χ2n) is 14.1. The molecule has 0 aliphatic heterocycles. The molecule has 11 aromatic rings. The second-order valence-corrected chi connectivity index (χ2v) is 15.1. The molecule has 11 rings (SSSR count). The molecular formula is C52H34N2OS. The third-order valence-corrected chi connectivity index (χ3v) is 12.1. The second kappa shape index (κ2) is 13.3. The maximum absolute atomic E-state index is 6.32. The van der Waals surface area contributed by atoms with Gasteiger partial charge in [-0.3, -0.25) is 0 Å². The van der Waals surface area contributed by atoms with Gasteiger partial charge in [0.05, 0.1) is 27.1 Å². The molecular weight excluding hydrogens is 701 g/mol. The highest BCUT2D eigenvalue weighted by Crippen LogP contribution is 2.48. The molecule has 0 amide bonds. The van der Waals surface area contributed by atoms with E-state index in [9.17, 15) is 0 Å². The number of nitrogens with zero attached hydrogens (tertiary/aromatic N) is 2. The van der Waals surface area contributed by atoms with Crippen molar-refractivity contribution in [3.63, 3.8) is 0 Å². The summed E-state index contributed by atoms with van der Waals surface area (Å²) in [6.45, 7) is 0. The van der Waals surface area contributed by atoms with Crippen molar-refractivity contribution in [2.75, 3.05) is 9.80 Å². The minimum atomic E-state index is 0.876. The lowest BCUT2D eigenvalue weighted by Crippen LogP contribution is -2.11. The average Bonchev–Trinajstić information content (AvgIpc) is 3.85. The standard InChI is InChI=1S/C52H34N2OS/c1-3-15-36(16-4-1)53(46-24-14-27-49-51(46)44-22-9-11-26-48(44)55-49)38-31-29-35(30-32-38)39-33-34-45(41-20-8-7-19-40(39)41)54(37-17-5-2-6-18-37)47-25-13-23-43-42-21-10-12-28-50(42)56-52(43)47/h1-34H. The smallest absolute Gasteiger partial charge is 0.137 e. The first-order valence-corrected chi connectivity index (χ1v) is 19.7. The van der Waals surface area contributed by atoms with Crippen LogP contribution in [-0.4, -0.2) is 0 Å². The van der Waals surface area contributed by atoms with Gasteiger partial charge in [-0.25, -0.2) is 0 Å². The molecule has 2 aromatic heterocycles. The number of hydrogen-bond acceptors (Lipinski definition) is 4. The van der Waals surface area contributed by atoms with Crippen LogP contribution in [0.15, 0.2) is 211 Å². The van der Waals surface area contributed by atoms with Gasteiger partial charge in [-0.2, -0.15) is 0 Å². The largest absolute Gasteiger partial charge is 0.456 e. The Balaban J connectivity index is 1.05. The van der Waals surface area contributed by atoms with Crippen LogP contribution in [0.2, 0.25) is 0 Å². The SMILES string of the molecule is c1ccc(N(c2ccc(-c3ccc(N(c4ccccc4)c4cccc5oc6ccccc6c45)cc3)c3ccccc23)c2cccc3c2sc2ccccc23)cc1. The van der Waals surface area contributed by atoms with Crippen LogP contribution in [0, 0.1) is 0 Å². The summed E-state index contributed by atoms with van der Waals surface area (Å²) in [4.78, 5) is 4.77. The Kier molecular flexibility index (Phi) is 7.68. The highest BCUT2D eigenvalue weighted by atomic mass is 32.1. The molecule has 0 saturated heterocycles. The van der Waals surface area contributed by atoms with E-state index >= 15 is 0 Å². The molecule has 0 aliphatic rings. The molecule has 0 bridgehead atoms. The molecule has 0 saturated carbocycles. The van der Waals surface area contributed by atoms with E-state index in [1.165, 1.54) is 42.2 Å². The van der Waals surface area contributed by atoms with Gasteiger partial charge in [0, 0.05) is 43.3 Å². The number of para-hydroxylation sites is 3. The van der Waals surface area contributed by atoms with Crippen LogP contribution in [0.25, 0.3) is 64.0 Å². The summed E-state index contributed by atoms with van der Waals surface area (Å²) in [5, 5.41) is 7.19.